The summed E-state index contributed by atoms with van der Waals surface area (Å²) in [5.41, 5.74) is 4.83. The van der Waals surface area contributed by atoms with Gasteiger partial charge in [0.05, 0.1) is 0 Å². The van der Waals surface area contributed by atoms with Crippen molar-refractivity contribution in [2.24, 2.45) is 0 Å². The molecule has 0 spiro atoms. The van der Waals surface area contributed by atoms with Gasteiger partial charge in [0, 0.05) is 54.6 Å². The third kappa shape index (κ3) is 3.54. The quantitative estimate of drug-likeness (QED) is 0.732. The van der Waals surface area contributed by atoms with E-state index in [1.165, 1.54) is 12.1 Å². The molecule has 1 aliphatic heterocycles. The molecule has 1 saturated heterocycles. The Kier molecular flexibility index (Phi) is 5.19. The molecule has 4 rings (SSSR count). The van der Waals surface area contributed by atoms with Crippen LogP contribution in [-0.2, 0) is 4.79 Å². The zero-order valence-corrected chi connectivity index (χ0v) is 15.9. The lowest BCUT2D eigenvalue weighted by atomic mass is 9.87. The number of pyridine rings is 1. The standard InChI is InChI=1S/C22H23FN4O/c1-2-19(28)27-13-9-17(10-14-27)22-20(15-7-11-24-12-8-15)21(25-26-22)16-3-5-18(23)6-4-16/h3-8,11-12,17H,2,9-10,13-14H2,1H3,(H,25,26). The van der Waals surface area contributed by atoms with Crippen molar-refractivity contribution in [1.82, 2.24) is 20.1 Å². The van der Waals surface area contributed by atoms with Gasteiger partial charge in [-0.1, -0.05) is 6.92 Å². The number of piperidine rings is 1. The highest BCUT2D eigenvalue weighted by Crippen LogP contribution is 2.39. The summed E-state index contributed by atoms with van der Waals surface area (Å²) in [5.74, 6) is 0.244. The maximum absolute atomic E-state index is 13.4. The van der Waals surface area contributed by atoms with Crippen LogP contribution in [0.5, 0.6) is 0 Å². The molecule has 2 aromatic heterocycles. The number of rotatable bonds is 4. The van der Waals surface area contributed by atoms with Crippen LogP contribution in [0.4, 0.5) is 4.39 Å². The van der Waals surface area contributed by atoms with E-state index in [2.05, 4.69) is 15.2 Å². The highest BCUT2D eigenvalue weighted by atomic mass is 19.1. The lowest BCUT2D eigenvalue weighted by molar-refractivity contribution is -0.131. The number of aromatic amines is 1. The summed E-state index contributed by atoms with van der Waals surface area (Å²) in [5, 5.41) is 7.84. The summed E-state index contributed by atoms with van der Waals surface area (Å²) < 4.78 is 13.4. The van der Waals surface area contributed by atoms with Crippen molar-refractivity contribution in [2.45, 2.75) is 32.1 Å². The van der Waals surface area contributed by atoms with Gasteiger partial charge in [-0.15, -0.1) is 0 Å². The first-order chi connectivity index (χ1) is 13.7. The van der Waals surface area contributed by atoms with E-state index in [0.717, 1.165) is 54.0 Å². The third-order valence-electron chi connectivity index (χ3n) is 5.44. The fourth-order valence-corrected chi connectivity index (χ4v) is 3.92. The number of amides is 1. The Morgan fingerprint density at radius 3 is 2.43 bits per heavy atom. The van der Waals surface area contributed by atoms with Gasteiger partial charge in [0.25, 0.3) is 0 Å². The molecule has 3 aromatic rings. The molecule has 144 valence electrons. The average molecular weight is 378 g/mol. The normalized spacial score (nSPS) is 15.0. The SMILES string of the molecule is CCC(=O)N1CCC(c2[nH]nc(-c3ccc(F)cc3)c2-c2ccncc2)CC1. The largest absolute Gasteiger partial charge is 0.343 e. The van der Waals surface area contributed by atoms with Gasteiger partial charge in [-0.3, -0.25) is 14.9 Å². The molecular formula is C22H23FN4O. The van der Waals surface area contributed by atoms with E-state index < -0.39 is 0 Å². The van der Waals surface area contributed by atoms with Crippen molar-refractivity contribution in [3.8, 4) is 22.4 Å². The van der Waals surface area contributed by atoms with E-state index in [1.807, 2.05) is 24.0 Å². The molecule has 1 fully saturated rings. The number of hydrogen-bond acceptors (Lipinski definition) is 3. The molecule has 0 aliphatic carbocycles. The van der Waals surface area contributed by atoms with Crippen LogP contribution in [0.3, 0.4) is 0 Å². The molecule has 1 N–H and O–H groups in total. The smallest absolute Gasteiger partial charge is 0.222 e. The van der Waals surface area contributed by atoms with Crippen molar-refractivity contribution in [3.05, 3.63) is 60.3 Å². The molecule has 28 heavy (non-hydrogen) atoms. The van der Waals surface area contributed by atoms with Crippen molar-refractivity contribution < 1.29 is 9.18 Å². The number of nitrogens with one attached hydrogen (secondary N) is 1. The Balaban J connectivity index is 1.70. The summed E-state index contributed by atoms with van der Waals surface area (Å²) in [6.45, 7) is 3.43. The number of halogens is 1. The highest BCUT2D eigenvalue weighted by Gasteiger charge is 2.28. The topological polar surface area (TPSA) is 61.9 Å². The van der Waals surface area contributed by atoms with Crippen LogP contribution in [0.25, 0.3) is 22.4 Å². The van der Waals surface area contributed by atoms with Gasteiger partial charge in [0.1, 0.15) is 11.5 Å². The number of carbonyl (C=O) groups is 1. The predicted molar refractivity (Wildman–Crippen MR) is 106 cm³/mol. The maximum Gasteiger partial charge on any atom is 0.222 e. The Hall–Kier alpha value is -3.02. The van der Waals surface area contributed by atoms with Gasteiger partial charge in [0.15, 0.2) is 0 Å². The van der Waals surface area contributed by atoms with Gasteiger partial charge in [-0.2, -0.15) is 5.10 Å². The monoisotopic (exact) mass is 378 g/mol. The Morgan fingerprint density at radius 2 is 1.79 bits per heavy atom. The average Bonchev–Trinajstić information content (AvgIpc) is 3.19. The lowest BCUT2D eigenvalue weighted by Crippen LogP contribution is -2.37. The van der Waals surface area contributed by atoms with E-state index in [4.69, 9.17) is 0 Å². The van der Waals surface area contributed by atoms with Crippen molar-refractivity contribution in [1.29, 1.82) is 0 Å². The molecule has 0 atom stereocenters. The summed E-state index contributed by atoms with van der Waals surface area (Å²) >= 11 is 0. The van der Waals surface area contributed by atoms with E-state index in [-0.39, 0.29) is 11.7 Å². The molecule has 1 aromatic carbocycles. The molecule has 1 aliphatic rings. The van der Waals surface area contributed by atoms with Gasteiger partial charge in [-0.25, -0.2) is 4.39 Å². The van der Waals surface area contributed by atoms with Gasteiger partial charge in [-0.05, 0) is 54.8 Å². The summed E-state index contributed by atoms with van der Waals surface area (Å²) in [6.07, 6.45) is 5.88. The minimum Gasteiger partial charge on any atom is -0.343 e. The van der Waals surface area contributed by atoms with Gasteiger partial charge in [0.2, 0.25) is 5.91 Å². The van der Waals surface area contributed by atoms with Gasteiger partial charge >= 0.3 is 0 Å². The minimum atomic E-state index is -0.266. The lowest BCUT2D eigenvalue weighted by Gasteiger charge is -2.32. The van der Waals surface area contributed by atoms with Crippen LogP contribution < -0.4 is 0 Å². The van der Waals surface area contributed by atoms with E-state index in [9.17, 15) is 9.18 Å². The summed E-state index contributed by atoms with van der Waals surface area (Å²) in [4.78, 5) is 18.1. The first kappa shape index (κ1) is 18.3. The number of carbonyl (C=O) groups excluding carboxylic acids is 1. The van der Waals surface area contributed by atoms with Crippen molar-refractivity contribution >= 4 is 5.91 Å². The molecular weight excluding hydrogens is 355 g/mol. The van der Waals surface area contributed by atoms with Crippen molar-refractivity contribution in [3.63, 3.8) is 0 Å². The number of benzene rings is 1. The first-order valence-electron chi connectivity index (χ1n) is 9.69. The number of aromatic nitrogens is 3. The third-order valence-corrected chi connectivity index (χ3v) is 5.44. The molecule has 0 saturated carbocycles. The van der Waals surface area contributed by atoms with E-state index >= 15 is 0 Å². The predicted octanol–water partition coefficient (Wildman–Crippen LogP) is 4.39. The first-order valence-corrected chi connectivity index (χ1v) is 9.69. The van der Waals surface area contributed by atoms with E-state index in [0.29, 0.717) is 12.3 Å². The fourth-order valence-electron chi connectivity index (χ4n) is 3.92. The maximum atomic E-state index is 13.4. The molecule has 0 bridgehead atoms. The van der Waals surface area contributed by atoms with Crippen LogP contribution in [0.2, 0.25) is 0 Å². The Morgan fingerprint density at radius 1 is 1.11 bits per heavy atom. The number of likely N-dealkylation sites (tertiary alicyclic amines) is 1. The molecule has 0 unspecified atom stereocenters. The van der Waals surface area contributed by atoms with Crippen LogP contribution in [0, 0.1) is 5.82 Å². The van der Waals surface area contributed by atoms with Crippen LogP contribution in [-0.4, -0.2) is 39.1 Å². The second-order valence-corrected chi connectivity index (χ2v) is 7.11. The van der Waals surface area contributed by atoms with Crippen LogP contribution in [0.1, 0.15) is 37.8 Å². The number of nitrogens with zero attached hydrogens (tertiary/aromatic N) is 3. The number of hydrogen-bond donors (Lipinski definition) is 1. The minimum absolute atomic E-state index is 0.212. The zero-order valence-electron chi connectivity index (χ0n) is 15.9. The summed E-state index contributed by atoms with van der Waals surface area (Å²) in [6, 6.07) is 10.4. The molecule has 6 heteroatoms. The zero-order chi connectivity index (χ0) is 19.5. The molecule has 3 heterocycles. The second kappa shape index (κ2) is 7.92. The molecule has 5 nitrogen and oxygen atoms in total. The molecule has 1 amide bonds. The number of H-pyrrole nitrogens is 1. The van der Waals surface area contributed by atoms with Crippen molar-refractivity contribution in [2.75, 3.05) is 13.1 Å². The Labute approximate surface area is 163 Å². The second-order valence-electron chi connectivity index (χ2n) is 7.11. The highest BCUT2D eigenvalue weighted by molar-refractivity contribution is 5.83. The fraction of sp³-hybridized carbons (Fsp3) is 0.318. The van der Waals surface area contributed by atoms with E-state index in [1.54, 1.807) is 24.5 Å². The van der Waals surface area contributed by atoms with Gasteiger partial charge < -0.3 is 4.90 Å². The van der Waals surface area contributed by atoms with Crippen LogP contribution in [0.15, 0.2) is 48.8 Å². The molecule has 0 radical (unpaired) electrons. The summed E-state index contributed by atoms with van der Waals surface area (Å²) in [7, 11) is 0. The Bertz CT molecular complexity index is 944. The van der Waals surface area contributed by atoms with Crippen LogP contribution >= 0.6 is 0 Å².